The molecule has 0 bridgehead atoms. The van der Waals surface area contributed by atoms with Gasteiger partial charge in [-0.05, 0) is 56.6 Å². The Morgan fingerprint density at radius 3 is 2.78 bits per heavy atom. The van der Waals surface area contributed by atoms with E-state index in [1.807, 2.05) is 12.1 Å². The number of nitrogens with one attached hydrogen (secondary N) is 1. The van der Waals surface area contributed by atoms with E-state index in [1.165, 1.54) is 44.6 Å². The molecule has 18 heavy (non-hydrogen) atoms. The lowest BCUT2D eigenvalue weighted by Gasteiger charge is -2.19. The largest absolute Gasteiger partial charge is 0.497 e. The van der Waals surface area contributed by atoms with Crippen LogP contribution in [0.25, 0.3) is 0 Å². The minimum absolute atomic E-state index is 0.942. The van der Waals surface area contributed by atoms with Crippen molar-refractivity contribution in [2.24, 2.45) is 0 Å². The Hall–Kier alpha value is -1.06. The third-order valence-electron chi connectivity index (χ3n) is 3.53. The number of rotatable bonds is 5. The fourth-order valence-corrected chi connectivity index (χ4v) is 2.42. The SMILES string of the molecule is COc1ccc(CCCN2CCCNCC2)cc1. The molecule has 0 aromatic heterocycles. The van der Waals surface area contributed by atoms with Crippen molar-refractivity contribution >= 4 is 0 Å². The summed E-state index contributed by atoms with van der Waals surface area (Å²) in [6, 6.07) is 8.43. The number of hydrogen-bond acceptors (Lipinski definition) is 3. The van der Waals surface area contributed by atoms with Gasteiger partial charge in [0.2, 0.25) is 0 Å². The summed E-state index contributed by atoms with van der Waals surface area (Å²) in [6.07, 6.45) is 3.68. The van der Waals surface area contributed by atoms with Gasteiger partial charge < -0.3 is 15.0 Å². The van der Waals surface area contributed by atoms with E-state index in [1.54, 1.807) is 7.11 Å². The van der Waals surface area contributed by atoms with Gasteiger partial charge in [-0.25, -0.2) is 0 Å². The molecule has 1 saturated heterocycles. The van der Waals surface area contributed by atoms with Gasteiger partial charge in [0.05, 0.1) is 7.11 Å². The predicted octanol–water partition coefficient (Wildman–Crippen LogP) is 1.92. The van der Waals surface area contributed by atoms with Crippen molar-refractivity contribution in [2.75, 3.05) is 39.8 Å². The number of aryl methyl sites for hydroxylation is 1. The van der Waals surface area contributed by atoms with Crippen molar-refractivity contribution in [3.8, 4) is 5.75 Å². The maximum atomic E-state index is 5.17. The summed E-state index contributed by atoms with van der Waals surface area (Å²) in [5.74, 6) is 0.942. The number of ether oxygens (including phenoxy) is 1. The molecule has 2 rings (SSSR count). The fourth-order valence-electron chi connectivity index (χ4n) is 2.42. The second-order valence-corrected chi connectivity index (χ2v) is 4.90. The number of nitrogens with zero attached hydrogens (tertiary/aromatic N) is 1. The second-order valence-electron chi connectivity index (χ2n) is 4.90. The standard InChI is InChI=1S/C15H24N2O/c1-18-15-7-5-14(6-8-15)4-2-11-17-12-3-9-16-10-13-17/h5-8,16H,2-4,9-13H2,1H3. The van der Waals surface area contributed by atoms with Crippen LogP contribution in [0.3, 0.4) is 0 Å². The van der Waals surface area contributed by atoms with E-state index < -0.39 is 0 Å². The first kappa shape index (κ1) is 13.4. The van der Waals surface area contributed by atoms with Crippen LogP contribution in [-0.2, 0) is 6.42 Å². The van der Waals surface area contributed by atoms with Gasteiger partial charge in [0.1, 0.15) is 5.75 Å². The first-order valence-electron chi connectivity index (χ1n) is 6.94. The Labute approximate surface area is 110 Å². The van der Waals surface area contributed by atoms with Gasteiger partial charge in [-0.15, -0.1) is 0 Å². The van der Waals surface area contributed by atoms with Crippen molar-refractivity contribution in [1.82, 2.24) is 10.2 Å². The van der Waals surface area contributed by atoms with E-state index in [0.717, 1.165) is 18.7 Å². The highest BCUT2D eigenvalue weighted by molar-refractivity contribution is 5.27. The monoisotopic (exact) mass is 248 g/mol. The molecule has 1 aliphatic rings. The van der Waals surface area contributed by atoms with Crippen LogP contribution in [0.15, 0.2) is 24.3 Å². The molecule has 0 spiro atoms. The Balaban J connectivity index is 1.70. The molecule has 1 aromatic rings. The normalized spacial score (nSPS) is 17.4. The molecule has 0 aliphatic carbocycles. The average Bonchev–Trinajstić information content (AvgIpc) is 2.68. The van der Waals surface area contributed by atoms with Gasteiger partial charge in [0.15, 0.2) is 0 Å². The first-order valence-corrected chi connectivity index (χ1v) is 6.94. The van der Waals surface area contributed by atoms with Gasteiger partial charge in [-0.2, -0.15) is 0 Å². The first-order chi connectivity index (χ1) is 8.88. The maximum Gasteiger partial charge on any atom is 0.118 e. The van der Waals surface area contributed by atoms with E-state index in [-0.39, 0.29) is 0 Å². The Morgan fingerprint density at radius 2 is 2.00 bits per heavy atom. The van der Waals surface area contributed by atoms with Crippen LogP contribution < -0.4 is 10.1 Å². The van der Waals surface area contributed by atoms with Crippen LogP contribution in [0.1, 0.15) is 18.4 Å². The zero-order chi connectivity index (χ0) is 12.6. The molecule has 1 aromatic carbocycles. The van der Waals surface area contributed by atoms with Gasteiger partial charge in [0, 0.05) is 13.1 Å². The molecule has 1 aliphatic heterocycles. The van der Waals surface area contributed by atoms with Crippen LogP contribution in [0.2, 0.25) is 0 Å². The lowest BCUT2D eigenvalue weighted by molar-refractivity contribution is 0.289. The number of methoxy groups -OCH3 is 1. The molecule has 0 atom stereocenters. The molecular weight excluding hydrogens is 224 g/mol. The molecular formula is C15H24N2O. The Kier molecular flexibility index (Phi) is 5.49. The molecule has 1 fully saturated rings. The minimum Gasteiger partial charge on any atom is -0.497 e. The molecule has 100 valence electrons. The molecule has 3 nitrogen and oxygen atoms in total. The number of hydrogen-bond donors (Lipinski definition) is 1. The zero-order valence-electron chi connectivity index (χ0n) is 11.3. The van der Waals surface area contributed by atoms with Crippen molar-refractivity contribution in [1.29, 1.82) is 0 Å². The molecule has 0 amide bonds. The predicted molar refractivity (Wildman–Crippen MR) is 75.2 cm³/mol. The summed E-state index contributed by atoms with van der Waals surface area (Å²) in [7, 11) is 1.71. The van der Waals surface area contributed by atoms with Crippen LogP contribution in [0.5, 0.6) is 5.75 Å². The molecule has 0 unspecified atom stereocenters. The van der Waals surface area contributed by atoms with Gasteiger partial charge >= 0.3 is 0 Å². The summed E-state index contributed by atoms with van der Waals surface area (Å²) in [6.45, 7) is 5.98. The molecule has 1 N–H and O–H groups in total. The van der Waals surface area contributed by atoms with Gasteiger partial charge in [0.25, 0.3) is 0 Å². The van der Waals surface area contributed by atoms with Crippen molar-refractivity contribution in [3.05, 3.63) is 29.8 Å². The highest BCUT2D eigenvalue weighted by atomic mass is 16.5. The highest BCUT2D eigenvalue weighted by Gasteiger charge is 2.07. The second kappa shape index (κ2) is 7.39. The molecule has 1 heterocycles. The van der Waals surface area contributed by atoms with E-state index >= 15 is 0 Å². The van der Waals surface area contributed by atoms with Gasteiger partial charge in [-0.3, -0.25) is 0 Å². The average molecular weight is 248 g/mol. The Bertz CT molecular complexity index is 329. The van der Waals surface area contributed by atoms with Crippen molar-refractivity contribution in [2.45, 2.75) is 19.3 Å². The zero-order valence-corrected chi connectivity index (χ0v) is 11.3. The summed E-state index contributed by atoms with van der Waals surface area (Å²) >= 11 is 0. The van der Waals surface area contributed by atoms with E-state index in [9.17, 15) is 0 Å². The quantitative estimate of drug-likeness (QED) is 0.861. The topological polar surface area (TPSA) is 24.5 Å². The van der Waals surface area contributed by atoms with E-state index in [2.05, 4.69) is 22.3 Å². The summed E-state index contributed by atoms with van der Waals surface area (Å²) < 4.78 is 5.17. The third-order valence-corrected chi connectivity index (χ3v) is 3.53. The molecule has 3 heteroatoms. The smallest absolute Gasteiger partial charge is 0.118 e. The summed E-state index contributed by atoms with van der Waals surface area (Å²) in [4.78, 5) is 2.57. The van der Waals surface area contributed by atoms with Crippen LogP contribution in [0, 0.1) is 0 Å². The lowest BCUT2D eigenvalue weighted by atomic mass is 10.1. The molecule has 0 saturated carbocycles. The van der Waals surface area contributed by atoms with Crippen molar-refractivity contribution < 1.29 is 4.74 Å². The maximum absolute atomic E-state index is 5.17. The minimum atomic E-state index is 0.942. The lowest BCUT2D eigenvalue weighted by Crippen LogP contribution is -2.29. The van der Waals surface area contributed by atoms with Crippen LogP contribution in [0.4, 0.5) is 0 Å². The third kappa shape index (κ3) is 4.31. The van der Waals surface area contributed by atoms with Crippen molar-refractivity contribution in [3.63, 3.8) is 0 Å². The van der Waals surface area contributed by atoms with Crippen LogP contribution in [-0.4, -0.2) is 44.7 Å². The highest BCUT2D eigenvalue weighted by Crippen LogP contribution is 2.12. The molecule has 0 radical (unpaired) electrons. The van der Waals surface area contributed by atoms with E-state index in [4.69, 9.17) is 4.74 Å². The van der Waals surface area contributed by atoms with E-state index in [0.29, 0.717) is 0 Å². The summed E-state index contributed by atoms with van der Waals surface area (Å²) in [5.41, 5.74) is 1.41. The van der Waals surface area contributed by atoms with Crippen LogP contribution >= 0.6 is 0 Å². The summed E-state index contributed by atoms with van der Waals surface area (Å²) in [5, 5.41) is 3.44. The Morgan fingerprint density at radius 1 is 1.17 bits per heavy atom. The fraction of sp³-hybridized carbons (Fsp3) is 0.600. The van der Waals surface area contributed by atoms with Gasteiger partial charge in [-0.1, -0.05) is 12.1 Å². The number of benzene rings is 1.